The molecular formula is C20H16F3NO3. The van der Waals surface area contributed by atoms with Crippen molar-refractivity contribution < 1.29 is 28.2 Å². The molecule has 0 aliphatic rings. The number of hydrogen-bond donors (Lipinski definition) is 3. The molecule has 0 fully saturated rings. The molecule has 3 N–H and O–H groups in total. The van der Waals surface area contributed by atoms with Crippen LogP contribution in [0.15, 0.2) is 54.6 Å². The molecule has 0 bridgehead atoms. The van der Waals surface area contributed by atoms with Crippen LogP contribution in [0.5, 0.6) is 0 Å². The monoisotopic (exact) mass is 375 g/mol. The number of nitrogens with one attached hydrogen (secondary N) is 1. The topological polar surface area (TPSA) is 73.3 Å². The van der Waals surface area contributed by atoms with Gasteiger partial charge in [0.05, 0.1) is 5.69 Å². The zero-order valence-corrected chi connectivity index (χ0v) is 14.2. The molecule has 7 heteroatoms. The molecule has 27 heavy (non-hydrogen) atoms. The maximum absolute atomic E-state index is 13.1. The van der Waals surface area contributed by atoms with Gasteiger partial charge in [0.2, 0.25) is 0 Å². The highest BCUT2D eigenvalue weighted by Gasteiger charge is 2.41. The molecule has 0 aliphatic heterocycles. The maximum atomic E-state index is 13.1. The lowest BCUT2D eigenvalue weighted by molar-refractivity contribution is -0.206. The minimum atomic E-state index is -4.84. The Kier molecular flexibility index (Phi) is 4.80. The van der Waals surface area contributed by atoms with Crippen LogP contribution < -0.4 is 0 Å². The smallest absolute Gasteiger partial charge is 0.418 e. The van der Waals surface area contributed by atoms with Crippen LogP contribution in [-0.4, -0.2) is 27.3 Å². The van der Waals surface area contributed by atoms with Gasteiger partial charge in [0, 0.05) is 11.1 Å². The fraction of sp³-hybridized carbons (Fsp3) is 0.150. The summed E-state index contributed by atoms with van der Waals surface area (Å²) in [5, 5.41) is 19.3. The van der Waals surface area contributed by atoms with Crippen LogP contribution in [0.4, 0.5) is 13.2 Å². The molecule has 0 amide bonds. The first-order valence-electron chi connectivity index (χ1n) is 8.07. The number of halogens is 3. The van der Waals surface area contributed by atoms with Crippen molar-refractivity contribution in [3.63, 3.8) is 0 Å². The molecule has 2 aromatic carbocycles. The summed E-state index contributed by atoms with van der Waals surface area (Å²) >= 11 is 0. The van der Waals surface area contributed by atoms with Gasteiger partial charge in [-0.2, -0.15) is 13.2 Å². The predicted octanol–water partition coefficient (Wildman–Crippen LogP) is 4.95. The van der Waals surface area contributed by atoms with Crippen LogP contribution in [0, 0.1) is 6.92 Å². The van der Waals surface area contributed by atoms with Crippen molar-refractivity contribution in [1.29, 1.82) is 0 Å². The Labute approximate surface area is 152 Å². The van der Waals surface area contributed by atoms with Crippen LogP contribution >= 0.6 is 0 Å². The van der Waals surface area contributed by atoms with E-state index in [9.17, 15) is 28.2 Å². The molecule has 1 heterocycles. The van der Waals surface area contributed by atoms with E-state index in [4.69, 9.17) is 0 Å². The van der Waals surface area contributed by atoms with Crippen LogP contribution in [0.25, 0.3) is 22.4 Å². The largest absolute Gasteiger partial charge is 0.477 e. The van der Waals surface area contributed by atoms with Crippen LogP contribution in [0.1, 0.15) is 27.7 Å². The number of benzene rings is 2. The number of aromatic amines is 1. The lowest BCUT2D eigenvalue weighted by atomic mass is 9.95. The van der Waals surface area contributed by atoms with Gasteiger partial charge in [0.25, 0.3) is 0 Å². The minimum absolute atomic E-state index is 0.101. The van der Waals surface area contributed by atoms with E-state index in [2.05, 4.69) is 4.98 Å². The van der Waals surface area contributed by atoms with Gasteiger partial charge >= 0.3 is 12.1 Å². The average Bonchev–Trinajstić information content (AvgIpc) is 2.98. The van der Waals surface area contributed by atoms with E-state index >= 15 is 0 Å². The zero-order chi connectivity index (χ0) is 19.8. The molecule has 0 saturated carbocycles. The Morgan fingerprint density at radius 3 is 2.22 bits per heavy atom. The molecule has 4 nitrogen and oxygen atoms in total. The van der Waals surface area contributed by atoms with Crippen molar-refractivity contribution in [3.8, 4) is 22.4 Å². The predicted molar refractivity (Wildman–Crippen MR) is 94.4 cm³/mol. The Hall–Kier alpha value is -3.06. The standard InChI is InChI=1S/C20H16F3NO3/c1-11-15(12-7-3-2-4-8-12)17(19(26)27)24-16(11)13-9-5-6-10-14(13)18(25)20(21,22)23/h2-10,18,24-25H,1H3,(H,26,27). The lowest BCUT2D eigenvalue weighted by Crippen LogP contribution is -2.20. The molecule has 3 aromatic rings. The number of H-pyrrole nitrogens is 1. The molecule has 140 valence electrons. The molecule has 3 rings (SSSR count). The molecule has 0 radical (unpaired) electrons. The molecular weight excluding hydrogens is 359 g/mol. The number of aliphatic hydroxyl groups excluding tert-OH is 1. The van der Waals surface area contributed by atoms with Gasteiger partial charge in [-0.1, -0.05) is 54.6 Å². The molecule has 0 saturated heterocycles. The van der Waals surface area contributed by atoms with Crippen molar-refractivity contribution in [3.05, 3.63) is 71.4 Å². The van der Waals surface area contributed by atoms with Crippen molar-refractivity contribution in [2.75, 3.05) is 0 Å². The number of aliphatic hydroxyl groups is 1. The second-order valence-corrected chi connectivity index (χ2v) is 6.08. The highest BCUT2D eigenvalue weighted by atomic mass is 19.4. The zero-order valence-electron chi connectivity index (χ0n) is 14.2. The first-order valence-corrected chi connectivity index (χ1v) is 8.07. The third-order valence-corrected chi connectivity index (χ3v) is 4.36. The van der Waals surface area contributed by atoms with Crippen LogP contribution in [0.2, 0.25) is 0 Å². The Morgan fingerprint density at radius 1 is 1.04 bits per heavy atom. The fourth-order valence-corrected chi connectivity index (χ4v) is 3.13. The minimum Gasteiger partial charge on any atom is -0.477 e. The number of carbonyl (C=O) groups is 1. The number of hydrogen-bond acceptors (Lipinski definition) is 2. The summed E-state index contributed by atoms with van der Waals surface area (Å²) in [7, 11) is 0. The van der Waals surface area contributed by atoms with E-state index in [0.29, 0.717) is 16.7 Å². The summed E-state index contributed by atoms with van der Waals surface area (Å²) in [6, 6.07) is 14.2. The summed E-state index contributed by atoms with van der Waals surface area (Å²) in [5.74, 6) is -1.22. The Balaban J connectivity index is 2.25. The summed E-state index contributed by atoms with van der Waals surface area (Å²) < 4.78 is 39.2. The second-order valence-electron chi connectivity index (χ2n) is 6.08. The van der Waals surface area contributed by atoms with Gasteiger partial charge in [-0.3, -0.25) is 0 Å². The second kappa shape index (κ2) is 6.92. The van der Waals surface area contributed by atoms with Crippen molar-refractivity contribution in [2.45, 2.75) is 19.2 Å². The average molecular weight is 375 g/mol. The SMILES string of the molecule is Cc1c(-c2ccccc2C(O)C(F)(F)F)[nH]c(C(=O)O)c1-c1ccccc1. The Bertz CT molecular complexity index is 978. The summed E-state index contributed by atoms with van der Waals surface area (Å²) in [5.41, 5.74) is 1.38. The van der Waals surface area contributed by atoms with Crippen molar-refractivity contribution in [1.82, 2.24) is 4.98 Å². The maximum Gasteiger partial charge on any atom is 0.418 e. The van der Waals surface area contributed by atoms with E-state index in [1.165, 1.54) is 24.3 Å². The normalized spacial score (nSPS) is 12.8. The molecule has 1 unspecified atom stereocenters. The number of rotatable bonds is 4. The summed E-state index contributed by atoms with van der Waals surface area (Å²) in [6.07, 6.45) is -7.51. The van der Waals surface area contributed by atoms with E-state index in [1.807, 2.05) is 0 Å². The molecule has 0 spiro atoms. The highest BCUT2D eigenvalue weighted by molar-refractivity contribution is 5.98. The van der Waals surface area contributed by atoms with E-state index in [0.717, 1.165) is 0 Å². The molecule has 0 aliphatic carbocycles. The number of carboxylic acid groups (broad SMARTS) is 1. The highest BCUT2D eigenvalue weighted by Crippen LogP contribution is 2.41. The van der Waals surface area contributed by atoms with Gasteiger partial charge in [-0.05, 0) is 23.6 Å². The first-order chi connectivity index (χ1) is 12.7. The van der Waals surface area contributed by atoms with E-state index < -0.39 is 18.2 Å². The number of alkyl halides is 3. The number of aromatic carboxylic acids is 1. The Morgan fingerprint density at radius 2 is 1.63 bits per heavy atom. The van der Waals surface area contributed by atoms with Gasteiger partial charge in [0.15, 0.2) is 6.10 Å². The quantitative estimate of drug-likeness (QED) is 0.604. The van der Waals surface area contributed by atoms with E-state index in [1.54, 1.807) is 37.3 Å². The van der Waals surface area contributed by atoms with Gasteiger partial charge < -0.3 is 15.2 Å². The van der Waals surface area contributed by atoms with E-state index in [-0.39, 0.29) is 22.5 Å². The summed E-state index contributed by atoms with van der Waals surface area (Å²) in [4.78, 5) is 14.4. The molecule has 1 atom stereocenters. The van der Waals surface area contributed by atoms with Crippen molar-refractivity contribution >= 4 is 5.97 Å². The van der Waals surface area contributed by atoms with Gasteiger partial charge in [-0.25, -0.2) is 4.79 Å². The van der Waals surface area contributed by atoms with Crippen LogP contribution in [-0.2, 0) is 0 Å². The molecule has 1 aromatic heterocycles. The fourth-order valence-electron chi connectivity index (χ4n) is 3.13. The first kappa shape index (κ1) is 18.7. The number of carboxylic acids is 1. The van der Waals surface area contributed by atoms with Crippen molar-refractivity contribution in [2.24, 2.45) is 0 Å². The lowest BCUT2D eigenvalue weighted by Gasteiger charge is -2.18. The third kappa shape index (κ3) is 3.46. The van der Waals surface area contributed by atoms with Gasteiger partial charge in [0.1, 0.15) is 5.69 Å². The number of aromatic nitrogens is 1. The van der Waals surface area contributed by atoms with Gasteiger partial charge in [-0.15, -0.1) is 0 Å². The summed E-state index contributed by atoms with van der Waals surface area (Å²) in [6.45, 7) is 1.64. The van der Waals surface area contributed by atoms with Crippen LogP contribution in [0.3, 0.4) is 0 Å². The third-order valence-electron chi connectivity index (χ3n) is 4.36.